The van der Waals surface area contributed by atoms with Gasteiger partial charge in [-0.15, -0.1) is 0 Å². The molecule has 3 amide bonds. The summed E-state index contributed by atoms with van der Waals surface area (Å²) in [6.45, 7) is 9.86. The number of halogens is 1. The first kappa shape index (κ1) is 37.3. The van der Waals surface area contributed by atoms with Crippen molar-refractivity contribution in [2.24, 2.45) is 11.8 Å². The van der Waals surface area contributed by atoms with E-state index in [0.29, 0.717) is 35.3 Å². The van der Waals surface area contributed by atoms with Gasteiger partial charge in [-0.3, -0.25) is 14.9 Å². The Morgan fingerprint density at radius 2 is 2.08 bits per heavy atom. The third-order valence-electron chi connectivity index (χ3n) is 8.02. The predicted molar refractivity (Wildman–Crippen MR) is 184 cm³/mol. The molecule has 3 N–H and O–H groups in total. The van der Waals surface area contributed by atoms with Crippen molar-refractivity contribution in [2.75, 3.05) is 25.0 Å². The van der Waals surface area contributed by atoms with Gasteiger partial charge < -0.3 is 29.2 Å². The van der Waals surface area contributed by atoms with Gasteiger partial charge in [0.15, 0.2) is 11.6 Å². The zero-order valence-electron chi connectivity index (χ0n) is 27.8. The normalized spacial score (nSPS) is 26.0. The third kappa shape index (κ3) is 11.2. The van der Waals surface area contributed by atoms with Crippen LogP contribution in [0.3, 0.4) is 0 Å². The van der Waals surface area contributed by atoms with Crippen molar-refractivity contribution >= 4 is 45.5 Å². The van der Waals surface area contributed by atoms with E-state index in [2.05, 4.69) is 43.1 Å². The Morgan fingerprint density at radius 3 is 2.84 bits per heavy atom. The van der Waals surface area contributed by atoms with Crippen LogP contribution >= 0.6 is 15.9 Å². The van der Waals surface area contributed by atoms with E-state index in [1.165, 1.54) is 23.4 Å². The van der Waals surface area contributed by atoms with Crippen molar-refractivity contribution in [3.8, 4) is 0 Å². The molecule has 0 saturated carbocycles. The maximum absolute atomic E-state index is 13.7. The fraction of sp³-hybridized carbons (Fsp3) is 0.429. The van der Waals surface area contributed by atoms with Gasteiger partial charge in [0.05, 0.1) is 24.6 Å². The van der Waals surface area contributed by atoms with Gasteiger partial charge in [0.2, 0.25) is 5.91 Å². The number of fused-ring (bicyclic) bond motifs is 3. The maximum atomic E-state index is 13.7. The van der Waals surface area contributed by atoms with Gasteiger partial charge in [-0.05, 0) is 60.3 Å². The number of ether oxygens (including phenoxy) is 2. The van der Waals surface area contributed by atoms with Crippen LogP contribution in [0.2, 0.25) is 0 Å². The summed E-state index contributed by atoms with van der Waals surface area (Å²) in [5, 5.41) is 15.9. The van der Waals surface area contributed by atoms with E-state index in [9.17, 15) is 24.3 Å². The van der Waals surface area contributed by atoms with Gasteiger partial charge in [0.1, 0.15) is 23.0 Å². The van der Waals surface area contributed by atoms with Gasteiger partial charge in [0.25, 0.3) is 5.91 Å². The Labute approximate surface area is 293 Å². The molecule has 2 aromatic rings. The lowest BCUT2D eigenvalue weighted by molar-refractivity contribution is -0.159. The number of aliphatic hydroxyl groups excluding tert-OH is 1. The first-order valence-electron chi connectivity index (χ1n) is 16.1. The number of hydrogen-bond donors (Lipinski definition) is 3. The van der Waals surface area contributed by atoms with Gasteiger partial charge in [0, 0.05) is 31.3 Å². The highest BCUT2D eigenvalue weighted by molar-refractivity contribution is 9.10. The van der Waals surface area contributed by atoms with Crippen molar-refractivity contribution in [2.45, 2.75) is 64.7 Å². The molecule has 4 rings (SSSR count). The molecule has 0 unspecified atom stereocenters. The van der Waals surface area contributed by atoms with Crippen LogP contribution in [0, 0.1) is 11.8 Å². The molecule has 0 spiro atoms. The molecule has 0 radical (unpaired) electrons. The second kappa shape index (κ2) is 17.7. The number of rotatable bonds is 4. The number of esters is 1. The largest absolute Gasteiger partial charge is 0.460 e. The number of oxazole rings is 1. The number of amides is 3. The van der Waals surface area contributed by atoms with Crippen LogP contribution in [-0.4, -0.2) is 81.8 Å². The summed E-state index contributed by atoms with van der Waals surface area (Å²) in [4.78, 5) is 62.1. The van der Waals surface area contributed by atoms with Crippen LogP contribution in [0.1, 0.15) is 56.4 Å². The lowest BCUT2D eigenvalue weighted by Gasteiger charge is -2.30. The van der Waals surface area contributed by atoms with Crippen molar-refractivity contribution in [3.05, 3.63) is 88.9 Å². The molecule has 49 heavy (non-hydrogen) atoms. The summed E-state index contributed by atoms with van der Waals surface area (Å²) < 4.78 is 17.7. The van der Waals surface area contributed by atoms with Crippen LogP contribution in [0.4, 0.5) is 10.5 Å². The topological polar surface area (TPSA) is 173 Å². The molecule has 262 valence electrons. The van der Waals surface area contributed by atoms with Gasteiger partial charge >= 0.3 is 12.1 Å². The first-order chi connectivity index (χ1) is 23.4. The van der Waals surface area contributed by atoms with E-state index in [-0.39, 0.29) is 43.5 Å². The molecule has 1 saturated heterocycles. The molecule has 1 fully saturated rings. The molecule has 4 heterocycles. The van der Waals surface area contributed by atoms with E-state index >= 15 is 0 Å². The quantitative estimate of drug-likeness (QED) is 0.222. The average Bonchev–Trinajstić information content (AvgIpc) is 3.74. The number of aromatic nitrogens is 2. The van der Waals surface area contributed by atoms with Crippen LogP contribution in [-0.2, 0) is 25.5 Å². The molecule has 13 nitrogen and oxygen atoms in total. The number of carbonyl (C=O) groups excluding carboxylic acids is 4. The molecular weight excluding hydrogens is 698 g/mol. The lowest BCUT2D eigenvalue weighted by Crippen LogP contribution is -2.44. The second-order valence-electron chi connectivity index (χ2n) is 12.2. The van der Waals surface area contributed by atoms with E-state index < -0.39 is 48.1 Å². The van der Waals surface area contributed by atoms with Gasteiger partial charge in [-0.1, -0.05) is 55.9 Å². The first-order valence-corrected chi connectivity index (χ1v) is 16.9. The monoisotopic (exact) mass is 739 g/mol. The molecule has 0 aromatic carbocycles. The summed E-state index contributed by atoms with van der Waals surface area (Å²) >= 11 is 3.24. The Hall–Kier alpha value is -4.56. The third-order valence-corrected chi connectivity index (χ3v) is 8.49. The smallest absolute Gasteiger partial charge is 0.411 e. The van der Waals surface area contributed by atoms with Crippen molar-refractivity contribution < 1.29 is 38.2 Å². The van der Waals surface area contributed by atoms with Crippen LogP contribution in [0.15, 0.2) is 81.7 Å². The molecule has 2 aliphatic heterocycles. The second-order valence-corrected chi connectivity index (χ2v) is 13.0. The fourth-order valence-electron chi connectivity index (χ4n) is 5.56. The number of cyclic esters (lactones) is 1. The Kier molecular flexibility index (Phi) is 13.5. The van der Waals surface area contributed by atoms with E-state index in [1.54, 1.807) is 50.3 Å². The number of hydrogen-bond acceptors (Lipinski definition) is 10. The van der Waals surface area contributed by atoms with Crippen LogP contribution in [0.25, 0.3) is 0 Å². The minimum Gasteiger partial charge on any atom is -0.460 e. The summed E-state index contributed by atoms with van der Waals surface area (Å²) in [6.07, 6.45) is 10.0. The number of anilines is 1. The van der Waals surface area contributed by atoms with Gasteiger partial charge in [-0.25, -0.2) is 19.6 Å². The molecule has 14 heteroatoms. The van der Waals surface area contributed by atoms with Crippen molar-refractivity contribution in [3.63, 3.8) is 0 Å². The molecule has 5 atom stereocenters. The standard InChI is InChI=1S/C35H42BrN5O8/c1-21-7-5-13-37-30(43)12-9-23(3)32(24(4)19-48-35(46)39-25-10-11-29(36)38-18-25)49-34(45)28-8-6-14-41(28)33(44)27-20-47-31(40-27)17-22(2)16-26(42)15-21/h5,7,9-12,15,18,20,23-24,26,28,32,42H,2,6,8,13-14,16-17,19H2,1,3-4H3,(H,37,43)(H,39,46)/b7-5+,12-9+,21-15+/t23-,24+,26-,28-,32+/m1/s1. The number of allylic oxidation sites excluding steroid dienone is 2. The number of nitrogens with zero attached hydrogens (tertiary/aromatic N) is 3. The molecule has 2 aromatic heterocycles. The fourth-order valence-corrected chi connectivity index (χ4v) is 5.80. The predicted octanol–water partition coefficient (Wildman–Crippen LogP) is 4.91. The zero-order chi connectivity index (χ0) is 35.5. The minimum atomic E-state index is -0.871. The summed E-state index contributed by atoms with van der Waals surface area (Å²) in [6, 6.07) is 2.46. The highest BCUT2D eigenvalue weighted by Gasteiger charge is 2.39. The summed E-state index contributed by atoms with van der Waals surface area (Å²) in [5.41, 5.74) is 1.94. The van der Waals surface area contributed by atoms with Crippen LogP contribution in [0.5, 0.6) is 0 Å². The Morgan fingerprint density at radius 1 is 1.29 bits per heavy atom. The van der Waals surface area contributed by atoms with Crippen molar-refractivity contribution in [1.29, 1.82) is 0 Å². The number of aliphatic hydroxyl groups is 1. The molecule has 0 aliphatic carbocycles. The summed E-state index contributed by atoms with van der Waals surface area (Å²) in [7, 11) is 0. The number of nitrogens with one attached hydrogen (secondary N) is 2. The minimum absolute atomic E-state index is 0.0509. The SMILES string of the molecule is C=C1Cc2nc(co2)C(=O)N2CCC[C@@H]2C(=O)O[C@H]([C@@H](C)COC(=O)Nc2ccc(Br)nc2)[C@H](C)/C=C/C(=O)NC/C=C/C(C)=C/[C@@H](O)C1. The highest BCUT2D eigenvalue weighted by Crippen LogP contribution is 2.26. The van der Waals surface area contributed by atoms with Crippen LogP contribution < -0.4 is 10.6 Å². The van der Waals surface area contributed by atoms with Gasteiger partial charge in [-0.2, -0.15) is 0 Å². The molecular formula is C35H42BrN5O8. The average molecular weight is 741 g/mol. The Balaban J connectivity index is 1.54. The van der Waals surface area contributed by atoms with Crippen molar-refractivity contribution in [1.82, 2.24) is 20.2 Å². The molecule has 2 aliphatic rings. The maximum Gasteiger partial charge on any atom is 0.411 e. The molecule has 2 bridgehead atoms. The highest BCUT2D eigenvalue weighted by atomic mass is 79.9. The zero-order valence-corrected chi connectivity index (χ0v) is 29.4. The number of pyridine rings is 1. The summed E-state index contributed by atoms with van der Waals surface area (Å²) in [5.74, 6) is -2.16. The van der Waals surface area contributed by atoms with E-state index in [1.807, 2.05) is 6.92 Å². The van der Waals surface area contributed by atoms with E-state index in [4.69, 9.17) is 13.9 Å². The lowest BCUT2D eigenvalue weighted by atomic mass is 9.93. The Bertz CT molecular complexity index is 1600. The number of carbonyl (C=O) groups is 4. The van der Waals surface area contributed by atoms with E-state index in [0.717, 1.165) is 5.57 Å².